The Morgan fingerprint density at radius 3 is 2.48 bits per heavy atom. The number of benzene rings is 2. The van der Waals surface area contributed by atoms with E-state index in [2.05, 4.69) is 9.69 Å². The van der Waals surface area contributed by atoms with Crippen molar-refractivity contribution < 1.29 is 0 Å². The first-order valence-corrected chi connectivity index (χ1v) is 7.58. The lowest BCUT2D eigenvalue weighted by Gasteiger charge is -2.09. The van der Waals surface area contributed by atoms with Gasteiger partial charge in [0.25, 0.3) is 0 Å². The van der Waals surface area contributed by atoms with Crippen molar-refractivity contribution in [3.63, 3.8) is 0 Å². The lowest BCUT2D eigenvalue weighted by atomic mass is 10.3. The van der Waals surface area contributed by atoms with E-state index < -0.39 is 0 Å². The molecule has 0 unspecified atom stereocenters. The van der Waals surface area contributed by atoms with Crippen molar-refractivity contribution in [3.05, 3.63) is 63.4 Å². The highest BCUT2D eigenvalue weighted by Crippen LogP contribution is 2.22. The third-order valence-electron chi connectivity index (χ3n) is 2.78. The first-order valence-electron chi connectivity index (χ1n) is 6.05. The van der Waals surface area contributed by atoms with Crippen molar-refractivity contribution >= 4 is 46.4 Å². The maximum atomic E-state index is 8.02. The molecule has 106 valence electrons. The van der Waals surface area contributed by atoms with Gasteiger partial charge in [0.1, 0.15) is 0 Å². The fraction of sp³-hybridized carbons (Fsp3) is 0. The molecule has 0 atom stereocenters. The van der Waals surface area contributed by atoms with Crippen molar-refractivity contribution in [2.24, 2.45) is 0 Å². The van der Waals surface area contributed by atoms with E-state index in [1.54, 1.807) is 28.8 Å². The number of nitrogens with one attached hydrogen (secondary N) is 2. The Bertz CT molecular complexity index is 841. The highest BCUT2D eigenvalue weighted by atomic mass is 35.5. The van der Waals surface area contributed by atoms with E-state index in [0.29, 0.717) is 20.8 Å². The second-order valence-corrected chi connectivity index (χ2v) is 5.89. The summed E-state index contributed by atoms with van der Waals surface area (Å²) in [6.07, 6.45) is 0. The van der Waals surface area contributed by atoms with Crippen molar-refractivity contribution in [1.82, 2.24) is 8.94 Å². The summed E-state index contributed by atoms with van der Waals surface area (Å²) in [5.74, 6) is 0.550. The van der Waals surface area contributed by atoms with Crippen molar-refractivity contribution in [2.45, 2.75) is 0 Å². The Morgan fingerprint density at radius 2 is 1.76 bits per heavy atom. The molecule has 0 aliphatic heterocycles. The number of halogens is 2. The molecule has 1 aromatic heterocycles. The van der Waals surface area contributed by atoms with E-state index in [1.165, 1.54) is 0 Å². The molecule has 0 fully saturated rings. The molecule has 0 aliphatic carbocycles. The highest BCUT2D eigenvalue weighted by Gasteiger charge is 2.09. The zero-order valence-corrected chi connectivity index (χ0v) is 13.0. The monoisotopic (exact) mass is 336 g/mol. The molecule has 0 bridgehead atoms. The molecule has 3 aromatic rings. The van der Waals surface area contributed by atoms with Gasteiger partial charge in [0.05, 0.1) is 5.69 Å². The Morgan fingerprint density at radius 1 is 1.05 bits per heavy atom. The third-order valence-corrected chi connectivity index (χ3v) is 3.87. The molecular formula is C14H10Cl2N4S. The highest BCUT2D eigenvalue weighted by molar-refractivity contribution is 7.03. The summed E-state index contributed by atoms with van der Waals surface area (Å²) < 4.78 is 5.96. The smallest absolute Gasteiger partial charge is 0.225 e. The summed E-state index contributed by atoms with van der Waals surface area (Å²) in [6, 6.07) is 14.6. The Labute approximate surface area is 135 Å². The van der Waals surface area contributed by atoms with Crippen LogP contribution >= 0.6 is 34.7 Å². The lowest BCUT2D eigenvalue weighted by molar-refractivity contribution is 0.973. The minimum atomic E-state index is 0.307. The molecule has 2 N–H and O–H groups in total. The van der Waals surface area contributed by atoms with Crippen LogP contribution < -0.4 is 10.1 Å². The van der Waals surface area contributed by atoms with E-state index >= 15 is 0 Å². The number of hydrogen-bond donors (Lipinski definition) is 2. The van der Waals surface area contributed by atoms with Crippen LogP contribution in [0.3, 0.4) is 0 Å². The van der Waals surface area contributed by atoms with Crippen LogP contribution in [-0.2, 0) is 0 Å². The summed E-state index contributed by atoms with van der Waals surface area (Å²) in [7, 11) is 0. The Balaban J connectivity index is 2.03. The van der Waals surface area contributed by atoms with Gasteiger partial charge in [0.15, 0.2) is 0 Å². The molecule has 0 saturated carbocycles. The fourth-order valence-corrected chi connectivity index (χ4v) is 2.84. The molecular weight excluding hydrogens is 327 g/mol. The number of hydrogen-bond acceptors (Lipinski definition) is 4. The zero-order valence-electron chi connectivity index (χ0n) is 10.7. The molecule has 0 spiro atoms. The lowest BCUT2D eigenvalue weighted by Crippen LogP contribution is -2.13. The summed E-state index contributed by atoms with van der Waals surface area (Å²) in [4.78, 5) is 0.307. The normalized spacial score (nSPS) is 10.6. The molecule has 1 heterocycles. The SMILES string of the molecule is N=c1snc(Nc2cccc(Cl)c2)n1-c1cccc(Cl)c1. The number of rotatable bonds is 3. The van der Waals surface area contributed by atoms with E-state index in [0.717, 1.165) is 22.9 Å². The van der Waals surface area contributed by atoms with Gasteiger partial charge in [0, 0.05) is 27.3 Å². The van der Waals surface area contributed by atoms with Crippen LogP contribution in [0.1, 0.15) is 0 Å². The molecule has 0 radical (unpaired) electrons. The van der Waals surface area contributed by atoms with Gasteiger partial charge in [-0.25, -0.2) is 0 Å². The van der Waals surface area contributed by atoms with Gasteiger partial charge in [-0.2, -0.15) is 4.37 Å². The van der Waals surface area contributed by atoms with E-state index in [-0.39, 0.29) is 0 Å². The van der Waals surface area contributed by atoms with Crippen LogP contribution in [-0.4, -0.2) is 8.94 Å². The topological polar surface area (TPSA) is 53.7 Å². The van der Waals surface area contributed by atoms with Crippen LogP contribution in [0.2, 0.25) is 10.0 Å². The molecule has 7 heteroatoms. The van der Waals surface area contributed by atoms with E-state index in [1.807, 2.05) is 24.3 Å². The number of aromatic nitrogens is 2. The van der Waals surface area contributed by atoms with Gasteiger partial charge in [-0.1, -0.05) is 35.3 Å². The number of anilines is 2. The van der Waals surface area contributed by atoms with Crippen LogP contribution in [0.15, 0.2) is 48.5 Å². The average molecular weight is 337 g/mol. The maximum absolute atomic E-state index is 8.02. The zero-order chi connectivity index (χ0) is 14.8. The molecule has 4 nitrogen and oxygen atoms in total. The Hall–Kier alpha value is -1.82. The van der Waals surface area contributed by atoms with Crippen LogP contribution in [0.25, 0.3) is 5.69 Å². The minimum Gasteiger partial charge on any atom is -0.324 e. The molecule has 2 aromatic carbocycles. The second-order valence-electron chi connectivity index (χ2n) is 4.26. The Kier molecular flexibility index (Phi) is 3.96. The molecule has 3 rings (SSSR count). The van der Waals surface area contributed by atoms with Crippen molar-refractivity contribution in [2.75, 3.05) is 5.32 Å². The predicted molar refractivity (Wildman–Crippen MR) is 87.0 cm³/mol. The van der Waals surface area contributed by atoms with Crippen LogP contribution in [0, 0.1) is 5.41 Å². The number of nitrogens with zero attached hydrogens (tertiary/aromatic N) is 2. The van der Waals surface area contributed by atoms with Crippen molar-refractivity contribution in [1.29, 1.82) is 5.41 Å². The second kappa shape index (κ2) is 5.89. The summed E-state index contributed by atoms with van der Waals surface area (Å²) in [6.45, 7) is 0. The minimum absolute atomic E-state index is 0.307. The van der Waals surface area contributed by atoms with E-state index in [9.17, 15) is 0 Å². The predicted octanol–water partition coefficient (Wildman–Crippen LogP) is 4.46. The van der Waals surface area contributed by atoms with Gasteiger partial charge in [0.2, 0.25) is 10.7 Å². The maximum Gasteiger partial charge on any atom is 0.225 e. The van der Waals surface area contributed by atoms with Gasteiger partial charge in [-0.15, -0.1) is 0 Å². The first-order chi connectivity index (χ1) is 10.1. The first kappa shape index (κ1) is 14.1. The van der Waals surface area contributed by atoms with Gasteiger partial charge in [-0.05, 0) is 36.4 Å². The summed E-state index contributed by atoms with van der Waals surface area (Å²) >= 11 is 13.1. The molecule has 0 amide bonds. The van der Waals surface area contributed by atoms with Gasteiger partial charge < -0.3 is 5.32 Å². The van der Waals surface area contributed by atoms with Gasteiger partial charge >= 0.3 is 0 Å². The van der Waals surface area contributed by atoms with Gasteiger partial charge in [-0.3, -0.25) is 9.98 Å². The summed E-state index contributed by atoms with van der Waals surface area (Å²) in [5.41, 5.74) is 1.59. The molecule has 0 saturated heterocycles. The van der Waals surface area contributed by atoms with Crippen molar-refractivity contribution in [3.8, 4) is 5.69 Å². The average Bonchev–Trinajstić information content (AvgIpc) is 2.80. The van der Waals surface area contributed by atoms with Crippen LogP contribution in [0.5, 0.6) is 0 Å². The third kappa shape index (κ3) is 3.10. The van der Waals surface area contributed by atoms with Crippen LogP contribution in [0.4, 0.5) is 11.6 Å². The standard InChI is InChI=1S/C14H10Cl2N4S/c15-9-3-1-5-11(7-9)18-14-19-21-13(17)20(14)12-6-2-4-10(16)8-12/h1-8,17H,(H,18,19). The summed E-state index contributed by atoms with van der Waals surface area (Å²) in [5, 5.41) is 12.4. The quantitative estimate of drug-likeness (QED) is 0.741. The fourth-order valence-electron chi connectivity index (χ4n) is 1.89. The van der Waals surface area contributed by atoms with E-state index in [4.69, 9.17) is 28.6 Å². The largest absolute Gasteiger partial charge is 0.324 e. The molecule has 0 aliphatic rings. The molecule has 21 heavy (non-hydrogen) atoms.